The van der Waals surface area contributed by atoms with Crippen molar-refractivity contribution in [2.45, 2.75) is 23.1 Å². The zero-order chi connectivity index (χ0) is 13.0. The van der Waals surface area contributed by atoms with E-state index in [1.54, 1.807) is 12.1 Å². The minimum absolute atomic E-state index is 0.125. The van der Waals surface area contributed by atoms with Crippen molar-refractivity contribution >= 4 is 17.5 Å². The van der Waals surface area contributed by atoms with E-state index in [0.717, 1.165) is 15.4 Å². The first-order chi connectivity index (χ1) is 8.70. The second-order valence-electron chi connectivity index (χ2n) is 3.83. The van der Waals surface area contributed by atoms with Crippen LogP contribution in [0.25, 0.3) is 0 Å². The molecule has 0 saturated carbocycles. The number of carbonyl (C=O) groups is 1. The number of carbonyl (C=O) groups excluding carboxylic acids is 1. The molecule has 0 atom stereocenters. The highest BCUT2D eigenvalue weighted by atomic mass is 32.2. The van der Waals surface area contributed by atoms with E-state index in [0.29, 0.717) is 6.42 Å². The van der Waals surface area contributed by atoms with Crippen molar-refractivity contribution in [3.05, 3.63) is 59.9 Å². The lowest BCUT2D eigenvalue weighted by Crippen LogP contribution is -1.98. The SMILES string of the molecule is CCC(=O)c1ccccc1Sc1ccc(F)cc1. The van der Waals surface area contributed by atoms with E-state index in [-0.39, 0.29) is 11.6 Å². The summed E-state index contributed by atoms with van der Waals surface area (Å²) in [5.41, 5.74) is 0.731. The van der Waals surface area contributed by atoms with Gasteiger partial charge in [0.15, 0.2) is 5.78 Å². The summed E-state index contributed by atoms with van der Waals surface area (Å²) in [7, 11) is 0. The smallest absolute Gasteiger partial charge is 0.163 e. The Balaban J connectivity index is 2.28. The number of ketones is 1. The first kappa shape index (κ1) is 12.8. The van der Waals surface area contributed by atoms with Crippen molar-refractivity contribution in [3.63, 3.8) is 0 Å². The highest BCUT2D eigenvalue weighted by Gasteiger charge is 2.09. The van der Waals surface area contributed by atoms with Crippen LogP contribution in [0.15, 0.2) is 58.3 Å². The molecule has 0 fully saturated rings. The molecular weight excluding hydrogens is 247 g/mol. The first-order valence-corrected chi connectivity index (χ1v) is 6.58. The van der Waals surface area contributed by atoms with Gasteiger partial charge in [0.1, 0.15) is 5.82 Å². The second-order valence-corrected chi connectivity index (χ2v) is 4.94. The predicted molar refractivity (Wildman–Crippen MR) is 71.6 cm³/mol. The molecule has 0 aliphatic rings. The van der Waals surface area contributed by atoms with Crippen LogP contribution >= 0.6 is 11.8 Å². The van der Waals surface area contributed by atoms with Crippen LogP contribution in [0.2, 0.25) is 0 Å². The Bertz CT molecular complexity index is 549. The van der Waals surface area contributed by atoms with Crippen LogP contribution in [-0.2, 0) is 0 Å². The molecule has 0 radical (unpaired) electrons. The number of halogens is 1. The zero-order valence-corrected chi connectivity index (χ0v) is 10.8. The van der Waals surface area contributed by atoms with E-state index in [4.69, 9.17) is 0 Å². The topological polar surface area (TPSA) is 17.1 Å². The van der Waals surface area contributed by atoms with Crippen LogP contribution in [-0.4, -0.2) is 5.78 Å². The van der Waals surface area contributed by atoms with E-state index in [9.17, 15) is 9.18 Å². The maximum absolute atomic E-state index is 12.8. The fourth-order valence-corrected chi connectivity index (χ4v) is 2.57. The second kappa shape index (κ2) is 5.83. The average Bonchev–Trinajstić information content (AvgIpc) is 2.41. The molecule has 0 heterocycles. The molecule has 92 valence electrons. The summed E-state index contributed by atoms with van der Waals surface area (Å²) in [6.07, 6.45) is 0.487. The Kier molecular flexibility index (Phi) is 4.15. The minimum atomic E-state index is -0.253. The standard InChI is InChI=1S/C15H13FOS/c1-2-14(17)13-5-3-4-6-15(13)18-12-9-7-11(16)8-10-12/h3-10H,2H2,1H3. The highest BCUT2D eigenvalue weighted by molar-refractivity contribution is 7.99. The predicted octanol–water partition coefficient (Wildman–Crippen LogP) is 4.57. The van der Waals surface area contributed by atoms with Crippen molar-refractivity contribution in [3.8, 4) is 0 Å². The Morgan fingerprint density at radius 2 is 1.78 bits per heavy atom. The van der Waals surface area contributed by atoms with Gasteiger partial charge in [-0.05, 0) is 30.3 Å². The van der Waals surface area contributed by atoms with E-state index in [1.807, 2.05) is 31.2 Å². The molecule has 2 rings (SSSR count). The monoisotopic (exact) mass is 260 g/mol. The number of hydrogen-bond donors (Lipinski definition) is 0. The van der Waals surface area contributed by atoms with Gasteiger partial charge in [-0.15, -0.1) is 0 Å². The Morgan fingerprint density at radius 3 is 2.44 bits per heavy atom. The van der Waals surface area contributed by atoms with Crippen LogP contribution < -0.4 is 0 Å². The van der Waals surface area contributed by atoms with E-state index in [2.05, 4.69) is 0 Å². The van der Waals surface area contributed by atoms with Crippen LogP contribution in [0.4, 0.5) is 4.39 Å². The molecule has 2 aromatic carbocycles. The summed E-state index contributed by atoms with van der Waals surface area (Å²) in [6, 6.07) is 13.8. The first-order valence-electron chi connectivity index (χ1n) is 5.76. The quantitative estimate of drug-likeness (QED) is 0.749. The van der Waals surface area contributed by atoms with Crippen molar-refractivity contribution in [1.29, 1.82) is 0 Å². The van der Waals surface area contributed by atoms with E-state index in [1.165, 1.54) is 23.9 Å². The summed E-state index contributed by atoms with van der Waals surface area (Å²) in [5.74, 6) is -0.127. The van der Waals surface area contributed by atoms with Gasteiger partial charge in [0.05, 0.1) is 0 Å². The van der Waals surface area contributed by atoms with Crippen LogP contribution in [0.1, 0.15) is 23.7 Å². The minimum Gasteiger partial charge on any atom is -0.294 e. The van der Waals surface area contributed by atoms with E-state index < -0.39 is 0 Å². The molecule has 0 aliphatic carbocycles. The normalized spacial score (nSPS) is 10.3. The molecule has 0 amide bonds. The summed E-state index contributed by atoms with van der Waals surface area (Å²) in [6.45, 7) is 1.85. The van der Waals surface area contributed by atoms with Crippen molar-refractivity contribution in [2.24, 2.45) is 0 Å². The molecule has 18 heavy (non-hydrogen) atoms. The van der Waals surface area contributed by atoms with Crippen molar-refractivity contribution < 1.29 is 9.18 Å². The molecule has 3 heteroatoms. The number of Topliss-reactive ketones (excluding diaryl/α,β-unsaturated/α-hetero) is 1. The largest absolute Gasteiger partial charge is 0.294 e. The molecule has 0 aromatic heterocycles. The average molecular weight is 260 g/mol. The Labute approximate surface area is 110 Å². The molecule has 0 saturated heterocycles. The fourth-order valence-electron chi connectivity index (χ4n) is 1.61. The lowest BCUT2D eigenvalue weighted by Gasteiger charge is -2.07. The Morgan fingerprint density at radius 1 is 1.11 bits per heavy atom. The Hall–Kier alpha value is -1.61. The molecule has 0 bridgehead atoms. The van der Waals surface area contributed by atoms with Crippen LogP contribution in [0, 0.1) is 5.82 Å². The molecule has 0 aliphatic heterocycles. The molecule has 0 spiro atoms. The summed E-state index contributed by atoms with van der Waals surface area (Å²) in [5, 5.41) is 0. The molecule has 0 unspecified atom stereocenters. The zero-order valence-electron chi connectivity index (χ0n) is 10.0. The van der Waals surface area contributed by atoms with Gasteiger partial charge < -0.3 is 0 Å². The fraction of sp³-hybridized carbons (Fsp3) is 0.133. The van der Waals surface area contributed by atoms with Gasteiger partial charge in [0, 0.05) is 21.8 Å². The van der Waals surface area contributed by atoms with Gasteiger partial charge in [0.25, 0.3) is 0 Å². The number of hydrogen-bond acceptors (Lipinski definition) is 2. The van der Waals surface area contributed by atoms with Gasteiger partial charge in [-0.1, -0.05) is 36.9 Å². The third-order valence-corrected chi connectivity index (χ3v) is 3.63. The summed E-state index contributed by atoms with van der Waals surface area (Å²) >= 11 is 1.48. The lowest BCUT2D eigenvalue weighted by molar-refractivity contribution is 0.0985. The number of benzene rings is 2. The van der Waals surface area contributed by atoms with Crippen LogP contribution in [0.3, 0.4) is 0 Å². The van der Waals surface area contributed by atoms with Gasteiger partial charge >= 0.3 is 0 Å². The van der Waals surface area contributed by atoms with Crippen molar-refractivity contribution in [1.82, 2.24) is 0 Å². The van der Waals surface area contributed by atoms with E-state index >= 15 is 0 Å². The molecular formula is C15H13FOS. The molecule has 0 N–H and O–H groups in total. The van der Waals surface area contributed by atoms with Gasteiger partial charge in [-0.25, -0.2) is 4.39 Å². The third-order valence-electron chi connectivity index (χ3n) is 2.55. The third kappa shape index (κ3) is 2.99. The summed E-state index contributed by atoms with van der Waals surface area (Å²) in [4.78, 5) is 13.6. The van der Waals surface area contributed by atoms with Crippen molar-refractivity contribution in [2.75, 3.05) is 0 Å². The molecule has 2 aromatic rings. The number of rotatable bonds is 4. The maximum atomic E-state index is 12.8. The lowest BCUT2D eigenvalue weighted by atomic mass is 10.1. The van der Waals surface area contributed by atoms with Gasteiger partial charge in [-0.2, -0.15) is 0 Å². The van der Waals surface area contributed by atoms with Crippen LogP contribution in [0.5, 0.6) is 0 Å². The van der Waals surface area contributed by atoms with Gasteiger partial charge in [0.2, 0.25) is 0 Å². The maximum Gasteiger partial charge on any atom is 0.163 e. The highest BCUT2D eigenvalue weighted by Crippen LogP contribution is 2.31. The molecule has 1 nitrogen and oxygen atoms in total. The van der Waals surface area contributed by atoms with Gasteiger partial charge in [-0.3, -0.25) is 4.79 Å². The summed E-state index contributed by atoms with van der Waals surface area (Å²) < 4.78 is 12.8.